The fourth-order valence-electron chi connectivity index (χ4n) is 9.19. The van der Waals surface area contributed by atoms with E-state index in [2.05, 4.69) is 0 Å². The molecule has 0 unspecified atom stereocenters. The number of anilines is 2. The van der Waals surface area contributed by atoms with Gasteiger partial charge in [-0.25, -0.2) is 4.79 Å². The molecule has 8 rings (SSSR count). The molecule has 2 heterocycles. The molecular weight excluding hydrogens is 865 g/mol. The van der Waals surface area contributed by atoms with Gasteiger partial charge in [-0.15, -0.1) is 0 Å². The largest absolute Gasteiger partial charge is 0.466 e. The fourth-order valence-corrected chi connectivity index (χ4v) is 9.66. The Morgan fingerprint density at radius 1 is 0.698 bits per heavy atom. The minimum absolute atomic E-state index is 0.0141. The summed E-state index contributed by atoms with van der Waals surface area (Å²) in [6.07, 6.45) is 1.97. The monoisotopic (exact) mass is 907 g/mol. The van der Waals surface area contributed by atoms with Gasteiger partial charge in [0.1, 0.15) is 22.3 Å². The van der Waals surface area contributed by atoms with Crippen LogP contribution >= 0.6 is 34.8 Å². The molecule has 2 aliphatic heterocycles. The van der Waals surface area contributed by atoms with Crippen LogP contribution in [0.2, 0.25) is 15.1 Å². The predicted molar refractivity (Wildman–Crippen MR) is 241 cm³/mol. The second kappa shape index (κ2) is 18.0. The SMILES string of the molecule is CCOC(=O)C1=C[C@](O)(c2ccc(Cl)cc2)[C@]2(C(=O)N(Cc3ccccc3)c3ccc(Cl)cc32)[C@H](C(=O)OCC)[C@@]12C(=O)N(Cc1ccccc1)c1ccc(Cl)cc12.CN(C)C=O. The molecule has 0 saturated heterocycles. The smallest absolute Gasteiger partial charge is 0.335 e. The molecule has 2 spiro atoms. The third-order valence-electron chi connectivity index (χ3n) is 11.6. The van der Waals surface area contributed by atoms with Crippen molar-refractivity contribution in [3.63, 3.8) is 0 Å². The lowest BCUT2D eigenvalue weighted by Crippen LogP contribution is -2.71. The molecule has 63 heavy (non-hydrogen) atoms. The lowest BCUT2D eigenvalue weighted by Gasteiger charge is -2.55. The lowest BCUT2D eigenvalue weighted by molar-refractivity contribution is -0.171. The number of esters is 2. The number of fused-ring (bicyclic) bond motifs is 4. The van der Waals surface area contributed by atoms with Gasteiger partial charge in [-0.05, 0) is 96.3 Å². The van der Waals surface area contributed by atoms with Crippen molar-refractivity contribution in [3.8, 4) is 0 Å². The highest BCUT2D eigenvalue weighted by Crippen LogP contribution is 2.68. The summed E-state index contributed by atoms with van der Waals surface area (Å²) in [6.45, 7) is 2.95. The molecule has 0 bridgehead atoms. The Hall–Kier alpha value is -5.98. The summed E-state index contributed by atoms with van der Waals surface area (Å²) in [5, 5.41) is 14.6. The Balaban J connectivity index is 0.00000113. The number of hydrogen-bond donors (Lipinski definition) is 1. The van der Waals surface area contributed by atoms with Crippen molar-refractivity contribution in [2.45, 2.75) is 43.4 Å². The van der Waals surface area contributed by atoms with Crippen molar-refractivity contribution < 1.29 is 38.6 Å². The standard InChI is InChI=1S/C46H37Cl3N2O7.C3H7NO/c1-3-57-40(52)36-25-44(56,30-15-17-31(47)18-16-30)46(35-24-33(49)20-22-38(35)51(43(46)55)27-29-13-9-6-10-14-29)39(41(53)58-4-2)45(36)34-23-32(48)19-21-37(34)50(42(45)54)26-28-11-7-5-8-12-28;1-4(2)3-5/h5-25,39,56H,3-4,26-27H2,1-2H3;3H,1-2H3/t39-,44+,45+,46+;/m1./s1. The molecule has 5 aromatic rings. The van der Waals surface area contributed by atoms with Crippen LogP contribution in [0, 0.1) is 5.92 Å². The van der Waals surface area contributed by atoms with Crippen LogP contribution in [0.15, 0.2) is 133 Å². The molecule has 1 aliphatic carbocycles. The zero-order chi connectivity index (χ0) is 45.3. The van der Waals surface area contributed by atoms with Crippen LogP contribution in [0.25, 0.3) is 0 Å². The highest BCUT2D eigenvalue weighted by atomic mass is 35.5. The molecule has 0 saturated carbocycles. The average molecular weight is 909 g/mol. The van der Waals surface area contributed by atoms with E-state index in [0.29, 0.717) is 16.4 Å². The maximum atomic E-state index is 16.2. The van der Waals surface area contributed by atoms with Gasteiger partial charge in [0.2, 0.25) is 18.2 Å². The minimum atomic E-state index is -2.56. The second-order valence-corrected chi connectivity index (χ2v) is 16.8. The zero-order valence-corrected chi connectivity index (χ0v) is 37.2. The van der Waals surface area contributed by atoms with E-state index in [1.807, 2.05) is 60.7 Å². The quantitative estimate of drug-likeness (QED) is 0.110. The fraction of sp³-hybridized carbons (Fsp3) is 0.245. The molecule has 14 heteroatoms. The van der Waals surface area contributed by atoms with Gasteiger partial charge >= 0.3 is 11.9 Å². The van der Waals surface area contributed by atoms with Crippen molar-refractivity contribution in [2.75, 3.05) is 37.1 Å². The van der Waals surface area contributed by atoms with Crippen molar-refractivity contribution in [2.24, 2.45) is 5.92 Å². The number of carbonyl (C=O) groups is 5. The number of halogens is 3. The molecule has 0 fully saturated rings. The Morgan fingerprint density at radius 3 is 1.68 bits per heavy atom. The van der Waals surface area contributed by atoms with Gasteiger partial charge in [-0.2, -0.15) is 0 Å². The van der Waals surface area contributed by atoms with Gasteiger partial charge in [-0.3, -0.25) is 19.2 Å². The molecule has 3 amide bonds. The van der Waals surface area contributed by atoms with Crippen molar-refractivity contribution >= 4 is 76.3 Å². The summed E-state index contributed by atoms with van der Waals surface area (Å²) < 4.78 is 11.6. The van der Waals surface area contributed by atoms with E-state index >= 15 is 14.4 Å². The number of amides is 3. The Labute approximate surface area is 380 Å². The first-order valence-electron chi connectivity index (χ1n) is 20.2. The van der Waals surface area contributed by atoms with Gasteiger partial charge in [0.15, 0.2) is 0 Å². The molecule has 3 aliphatic rings. The maximum Gasteiger partial charge on any atom is 0.335 e. The Bertz CT molecular complexity index is 2610. The maximum absolute atomic E-state index is 16.2. The van der Waals surface area contributed by atoms with Crippen LogP contribution in [0.1, 0.15) is 41.7 Å². The summed E-state index contributed by atoms with van der Waals surface area (Å²) in [5.41, 5.74) is -5.15. The van der Waals surface area contributed by atoms with E-state index < -0.39 is 46.1 Å². The zero-order valence-electron chi connectivity index (χ0n) is 34.9. The molecule has 5 aromatic carbocycles. The molecular formula is C49H44Cl3N3O8. The number of rotatable bonds is 10. The summed E-state index contributed by atoms with van der Waals surface area (Å²) in [6, 6.07) is 34.1. The van der Waals surface area contributed by atoms with Crippen LogP contribution in [0.5, 0.6) is 0 Å². The van der Waals surface area contributed by atoms with E-state index in [1.165, 1.54) is 57.2 Å². The first-order valence-corrected chi connectivity index (χ1v) is 21.3. The summed E-state index contributed by atoms with van der Waals surface area (Å²) in [5.74, 6) is -5.44. The number of benzene rings is 5. The molecule has 324 valence electrons. The second-order valence-electron chi connectivity index (χ2n) is 15.5. The van der Waals surface area contributed by atoms with Crippen molar-refractivity contribution in [1.29, 1.82) is 0 Å². The van der Waals surface area contributed by atoms with E-state index in [0.717, 1.165) is 17.5 Å². The molecule has 4 atom stereocenters. The van der Waals surface area contributed by atoms with Crippen molar-refractivity contribution in [3.05, 3.63) is 176 Å². The van der Waals surface area contributed by atoms with Crippen LogP contribution in [0.3, 0.4) is 0 Å². The summed E-state index contributed by atoms with van der Waals surface area (Å²) in [7, 11) is 3.38. The van der Waals surface area contributed by atoms with Crippen LogP contribution < -0.4 is 9.80 Å². The lowest BCUT2D eigenvalue weighted by atomic mass is 9.45. The van der Waals surface area contributed by atoms with Gasteiger partial charge < -0.3 is 29.3 Å². The van der Waals surface area contributed by atoms with E-state index in [4.69, 9.17) is 44.3 Å². The predicted octanol–water partition coefficient (Wildman–Crippen LogP) is 8.19. The number of aliphatic hydroxyl groups is 1. The Morgan fingerprint density at radius 2 is 1.17 bits per heavy atom. The molecule has 11 nitrogen and oxygen atoms in total. The summed E-state index contributed by atoms with van der Waals surface area (Å²) in [4.78, 5) is 76.4. The number of ether oxygens (including phenoxy) is 2. The highest BCUT2D eigenvalue weighted by Gasteiger charge is 2.80. The van der Waals surface area contributed by atoms with Crippen LogP contribution in [-0.2, 0) is 63.0 Å². The van der Waals surface area contributed by atoms with Gasteiger partial charge in [0, 0.05) is 40.5 Å². The van der Waals surface area contributed by atoms with E-state index in [-0.39, 0.29) is 58.6 Å². The average Bonchev–Trinajstić information content (AvgIpc) is 3.64. The van der Waals surface area contributed by atoms with E-state index in [1.54, 1.807) is 52.2 Å². The third kappa shape index (κ3) is 7.46. The third-order valence-corrected chi connectivity index (χ3v) is 12.4. The highest BCUT2D eigenvalue weighted by molar-refractivity contribution is 6.32. The first-order chi connectivity index (χ1) is 30.2. The minimum Gasteiger partial charge on any atom is -0.466 e. The van der Waals surface area contributed by atoms with Crippen LogP contribution in [-0.4, -0.2) is 67.5 Å². The number of nitrogens with zero attached hydrogens (tertiary/aromatic N) is 3. The summed E-state index contributed by atoms with van der Waals surface area (Å²) >= 11 is 20.0. The topological polar surface area (TPSA) is 134 Å². The number of hydrogen-bond acceptors (Lipinski definition) is 8. The van der Waals surface area contributed by atoms with Crippen LogP contribution in [0.4, 0.5) is 11.4 Å². The van der Waals surface area contributed by atoms with E-state index in [9.17, 15) is 14.7 Å². The molecule has 0 aromatic heterocycles. The number of carbonyl (C=O) groups excluding carboxylic acids is 5. The van der Waals surface area contributed by atoms with Gasteiger partial charge in [0.25, 0.3) is 0 Å². The van der Waals surface area contributed by atoms with Crippen molar-refractivity contribution in [1.82, 2.24) is 4.90 Å². The Kier molecular flexibility index (Phi) is 12.9. The first kappa shape index (κ1) is 45.1. The molecule has 1 N–H and O–H groups in total. The van der Waals surface area contributed by atoms with Gasteiger partial charge in [-0.1, -0.05) is 108 Å². The normalized spacial score (nSPS) is 21.9. The molecule has 0 radical (unpaired) electrons. The van der Waals surface area contributed by atoms with Gasteiger partial charge in [0.05, 0.1) is 31.9 Å².